The monoisotopic (exact) mass is 304 g/mol. The molecule has 0 amide bonds. The highest BCUT2D eigenvalue weighted by Gasteiger charge is 2.23. The Balaban J connectivity index is 1.72. The Morgan fingerprint density at radius 3 is 2.95 bits per heavy atom. The van der Waals surface area contributed by atoms with Crippen LogP contribution in [-0.4, -0.2) is 12.4 Å². The van der Waals surface area contributed by atoms with Crippen LogP contribution in [0.4, 0.5) is 0 Å². The van der Waals surface area contributed by atoms with Crippen molar-refractivity contribution in [3.63, 3.8) is 0 Å². The van der Waals surface area contributed by atoms with Gasteiger partial charge in [0.1, 0.15) is 5.75 Å². The lowest BCUT2D eigenvalue weighted by atomic mass is 10.0. The standard InChI is InChI=1S/C17H17ClOS/c1-12-6-7-16(13(8-12)9-18)19-10-14-11-20-17-5-3-2-4-15(14)17/h2-8,14H,9-11H2,1H3. The van der Waals surface area contributed by atoms with Crippen molar-refractivity contribution in [1.82, 2.24) is 0 Å². The van der Waals surface area contributed by atoms with Gasteiger partial charge < -0.3 is 4.74 Å². The van der Waals surface area contributed by atoms with Crippen molar-refractivity contribution in [3.8, 4) is 5.75 Å². The van der Waals surface area contributed by atoms with E-state index in [1.165, 1.54) is 16.0 Å². The predicted octanol–water partition coefficient (Wildman–Crippen LogP) is 5.00. The zero-order valence-corrected chi connectivity index (χ0v) is 13.0. The van der Waals surface area contributed by atoms with E-state index in [9.17, 15) is 0 Å². The number of hydrogen-bond acceptors (Lipinski definition) is 2. The van der Waals surface area contributed by atoms with Gasteiger partial charge >= 0.3 is 0 Å². The van der Waals surface area contributed by atoms with E-state index in [2.05, 4.69) is 43.3 Å². The van der Waals surface area contributed by atoms with Crippen molar-refractivity contribution < 1.29 is 4.74 Å². The molecule has 20 heavy (non-hydrogen) atoms. The summed E-state index contributed by atoms with van der Waals surface area (Å²) in [7, 11) is 0. The summed E-state index contributed by atoms with van der Waals surface area (Å²) in [6.07, 6.45) is 0. The number of halogens is 1. The SMILES string of the molecule is Cc1ccc(OCC2CSc3ccccc32)c(CCl)c1. The Morgan fingerprint density at radius 1 is 1.25 bits per heavy atom. The van der Waals surface area contributed by atoms with E-state index in [1.807, 2.05) is 17.8 Å². The van der Waals surface area contributed by atoms with Gasteiger partial charge in [-0.1, -0.05) is 35.9 Å². The number of hydrogen-bond donors (Lipinski definition) is 0. The smallest absolute Gasteiger partial charge is 0.123 e. The van der Waals surface area contributed by atoms with E-state index in [4.69, 9.17) is 16.3 Å². The van der Waals surface area contributed by atoms with Gasteiger partial charge in [-0.3, -0.25) is 0 Å². The quantitative estimate of drug-likeness (QED) is 0.735. The van der Waals surface area contributed by atoms with Crippen LogP contribution in [0.1, 0.15) is 22.6 Å². The molecule has 1 nitrogen and oxygen atoms in total. The highest BCUT2D eigenvalue weighted by Crippen LogP contribution is 2.39. The minimum Gasteiger partial charge on any atom is -0.493 e. The highest BCUT2D eigenvalue weighted by molar-refractivity contribution is 7.99. The van der Waals surface area contributed by atoms with Gasteiger partial charge in [-0.15, -0.1) is 23.4 Å². The second kappa shape index (κ2) is 6.11. The van der Waals surface area contributed by atoms with Crippen LogP contribution in [0.25, 0.3) is 0 Å². The van der Waals surface area contributed by atoms with Gasteiger partial charge in [0.2, 0.25) is 0 Å². The Labute approximate surface area is 129 Å². The summed E-state index contributed by atoms with van der Waals surface area (Å²) in [6.45, 7) is 2.79. The lowest BCUT2D eigenvalue weighted by molar-refractivity contribution is 0.296. The van der Waals surface area contributed by atoms with Crippen LogP contribution in [-0.2, 0) is 5.88 Å². The summed E-state index contributed by atoms with van der Waals surface area (Å²) >= 11 is 7.91. The van der Waals surface area contributed by atoms with Crippen LogP contribution < -0.4 is 4.74 Å². The molecule has 1 unspecified atom stereocenters. The first-order valence-corrected chi connectivity index (χ1v) is 8.30. The summed E-state index contributed by atoms with van der Waals surface area (Å²) < 4.78 is 6.03. The largest absolute Gasteiger partial charge is 0.493 e. The normalized spacial score (nSPS) is 17.0. The molecular weight excluding hydrogens is 288 g/mol. The summed E-state index contributed by atoms with van der Waals surface area (Å²) in [5.74, 6) is 2.98. The fraction of sp³-hybridized carbons (Fsp3) is 0.294. The Bertz CT molecular complexity index is 612. The van der Waals surface area contributed by atoms with Gasteiger partial charge in [-0.05, 0) is 24.6 Å². The van der Waals surface area contributed by atoms with Gasteiger partial charge in [0.25, 0.3) is 0 Å². The fourth-order valence-electron chi connectivity index (χ4n) is 2.51. The first kappa shape index (κ1) is 13.8. The molecule has 2 aromatic rings. The molecule has 0 saturated heterocycles. The zero-order chi connectivity index (χ0) is 13.9. The molecule has 2 aromatic carbocycles. The molecule has 1 heterocycles. The molecule has 104 valence electrons. The molecular formula is C17H17ClOS. The molecule has 1 atom stereocenters. The van der Waals surface area contributed by atoms with E-state index in [-0.39, 0.29) is 0 Å². The van der Waals surface area contributed by atoms with Gasteiger partial charge in [0.05, 0.1) is 12.5 Å². The number of fused-ring (bicyclic) bond motifs is 1. The Kier molecular flexibility index (Phi) is 4.23. The Hall–Kier alpha value is -1.12. The summed E-state index contributed by atoms with van der Waals surface area (Å²) in [5, 5.41) is 0. The minimum atomic E-state index is 0.473. The first-order valence-electron chi connectivity index (χ1n) is 6.78. The molecule has 1 aliphatic rings. The van der Waals surface area contributed by atoms with E-state index in [0.717, 1.165) is 23.7 Å². The van der Waals surface area contributed by atoms with Gasteiger partial charge in [0.15, 0.2) is 0 Å². The molecule has 1 aliphatic heterocycles. The van der Waals surface area contributed by atoms with E-state index in [0.29, 0.717) is 11.8 Å². The van der Waals surface area contributed by atoms with Crippen molar-refractivity contribution in [3.05, 3.63) is 59.2 Å². The lowest BCUT2D eigenvalue weighted by Crippen LogP contribution is -2.10. The van der Waals surface area contributed by atoms with Crippen molar-refractivity contribution in [2.24, 2.45) is 0 Å². The second-order valence-electron chi connectivity index (χ2n) is 5.10. The predicted molar refractivity (Wildman–Crippen MR) is 86.1 cm³/mol. The minimum absolute atomic E-state index is 0.473. The highest BCUT2D eigenvalue weighted by atomic mass is 35.5. The molecule has 0 fully saturated rings. The Morgan fingerprint density at radius 2 is 2.10 bits per heavy atom. The maximum absolute atomic E-state index is 6.03. The number of aryl methyl sites for hydroxylation is 1. The van der Waals surface area contributed by atoms with Gasteiger partial charge in [0, 0.05) is 22.1 Å². The van der Waals surface area contributed by atoms with Gasteiger partial charge in [-0.25, -0.2) is 0 Å². The van der Waals surface area contributed by atoms with Gasteiger partial charge in [-0.2, -0.15) is 0 Å². The molecule has 0 aliphatic carbocycles. The molecule has 0 aromatic heterocycles. The molecule has 0 radical (unpaired) electrons. The average molecular weight is 305 g/mol. The summed E-state index contributed by atoms with van der Waals surface area (Å²) in [4.78, 5) is 1.39. The third-order valence-electron chi connectivity index (χ3n) is 3.60. The van der Waals surface area contributed by atoms with Crippen LogP contribution in [0.2, 0.25) is 0 Å². The lowest BCUT2D eigenvalue weighted by Gasteiger charge is -2.15. The van der Waals surface area contributed by atoms with Crippen LogP contribution in [0.15, 0.2) is 47.4 Å². The third-order valence-corrected chi connectivity index (χ3v) is 5.14. The van der Waals surface area contributed by atoms with Crippen molar-refractivity contribution in [2.75, 3.05) is 12.4 Å². The molecule has 0 N–H and O–H groups in total. The number of thioether (sulfide) groups is 1. The van der Waals surface area contributed by atoms with Crippen molar-refractivity contribution >= 4 is 23.4 Å². The number of benzene rings is 2. The zero-order valence-electron chi connectivity index (χ0n) is 11.4. The van der Waals surface area contributed by atoms with Crippen LogP contribution >= 0.6 is 23.4 Å². The van der Waals surface area contributed by atoms with Crippen molar-refractivity contribution in [1.29, 1.82) is 0 Å². The average Bonchev–Trinajstić information content (AvgIpc) is 2.89. The summed E-state index contributed by atoms with van der Waals surface area (Å²) in [6, 6.07) is 14.8. The second-order valence-corrected chi connectivity index (χ2v) is 6.43. The molecule has 3 heteroatoms. The number of ether oxygens (including phenoxy) is 1. The number of alkyl halides is 1. The van der Waals surface area contributed by atoms with Crippen LogP contribution in [0, 0.1) is 6.92 Å². The first-order chi connectivity index (χ1) is 9.78. The summed E-state index contributed by atoms with van der Waals surface area (Å²) in [5.41, 5.74) is 3.71. The van der Waals surface area contributed by atoms with Crippen LogP contribution in [0.3, 0.4) is 0 Å². The molecule has 0 bridgehead atoms. The maximum atomic E-state index is 6.03. The molecule has 0 spiro atoms. The van der Waals surface area contributed by atoms with E-state index < -0.39 is 0 Å². The topological polar surface area (TPSA) is 9.23 Å². The number of rotatable bonds is 4. The molecule has 0 saturated carbocycles. The maximum Gasteiger partial charge on any atom is 0.123 e. The van der Waals surface area contributed by atoms with Crippen LogP contribution in [0.5, 0.6) is 5.75 Å². The van der Waals surface area contributed by atoms with E-state index >= 15 is 0 Å². The molecule has 3 rings (SSSR count). The fourth-order valence-corrected chi connectivity index (χ4v) is 3.95. The third kappa shape index (κ3) is 2.82. The van der Waals surface area contributed by atoms with Crippen molar-refractivity contribution in [2.45, 2.75) is 23.6 Å². The van der Waals surface area contributed by atoms with E-state index in [1.54, 1.807) is 0 Å².